The third-order valence-electron chi connectivity index (χ3n) is 1.80. The minimum atomic E-state index is -0.152. The Hall–Kier alpha value is -0.880. The first kappa shape index (κ1) is 19.1. The van der Waals surface area contributed by atoms with Crippen LogP contribution in [0.3, 0.4) is 0 Å². The van der Waals surface area contributed by atoms with Crippen molar-refractivity contribution >= 4 is 0 Å². The number of rotatable bonds is 7. The van der Waals surface area contributed by atoms with Crippen LogP contribution in [0.1, 0.15) is 55.4 Å². The molecule has 0 heterocycles. The third-order valence-corrected chi connectivity index (χ3v) is 1.80. The lowest BCUT2D eigenvalue weighted by molar-refractivity contribution is -0.340. The highest BCUT2D eigenvalue weighted by Crippen LogP contribution is 2.09. The van der Waals surface area contributed by atoms with Gasteiger partial charge in [0.25, 0.3) is 0 Å². The molecule has 0 aromatic rings. The number of azo groups is 2. The molecule has 0 saturated carbocycles. The summed E-state index contributed by atoms with van der Waals surface area (Å²) in [6.45, 7) is 16.8. The Kier molecular flexibility index (Phi) is 8.05. The fourth-order valence-electron chi connectivity index (χ4n) is 0.986. The first-order valence-corrected chi connectivity index (χ1v) is 7.09. The van der Waals surface area contributed by atoms with Gasteiger partial charge in [-0.05, 0) is 55.4 Å². The lowest BCUT2D eigenvalue weighted by Gasteiger charge is -2.15. The molecule has 2 atom stereocenters. The summed E-state index contributed by atoms with van der Waals surface area (Å²) in [5.74, 6) is 0. The minimum Gasteiger partial charge on any atom is -0.231 e. The molecule has 2 unspecified atom stereocenters. The molecule has 6 heteroatoms. The van der Waals surface area contributed by atoms with Crippen LogP contribution in [0.15, 0.2) is 20.5 Å². The molecule has 0 aliphatic heterocycles. The van der Waals surface area contributed by atoms with E-state index in [9.17, 15) is 0 Å². The molecule has 0 aromatic carbocycles. The maximum Gasteiger partial charge on any atom is 0.111 e. The van der Waals surface area contributed by atoms with Crippen LogP contribution < -0.4 is 0 Å². The normalized spacial score (nSPS) is 17.0. The first-order chi connectivity index (χ1) is 8.99. The molecule has 6 nitrogen and oxygen atoms in total. The molecule has 118 valence electrons. The average molecular weight is 286 g/mol. The summed E-state index contributed by atoms with van der Waals surface area (Å²) in [6.07, 6.45) is -0.272. The largest absolute Gasteiger partial charge is 0.231 e. The Bertz CT molecular complexity index is 284. The summed E-state index contributed by atoms with van der Waals surface area (Å²) >= 11 is 0. The molecule has 0 amide bonds. The van der Waals surface area contributed by atoms with Crippen LogP contribution in [0.25, 0.3) is 0 Å². The molecule has 0 bridgehead atoms. The quantitative estimate of drug-likeness (QED) is 0.399. The first-order valence-electron chi connectivity index (χ1n) is 7.09. The topological polar surface area (TPSA) is 67.9 Å². The predicted molar refractivity (Wildman–Crippen MR) is 80.0 cm³/mol. The fraction of sp³-hybridized carbons (Fsp3) is 1.00. The van der Waals surface area contributed by atoms with Gasteiger partial charge in [-0.25, -0.2) is 9.78 Å². The van der Waals surface area contributed by atoms with Crippen molar-refractivity contribution in [3.8, 4) is 0 Å². The molecule has 0 aromatic heterocycles. The van der Waals surface area contributed by atoms with E-state index < -0.39 is 0 Å². The van der Waals surface area contributed by atoms with Gasteiger partial charge in [-0.3, -0.25) is 0 Å². The highest BCUT2D eigenvalue weighted by molar-refractivity contribution is 4.68. The van der Waals surface area contributed by atoms with Crippen LogP contribution in [0.5, 0.6) is 0 Å². The van der Waals surface area contributed by atoms with Gasteiger partial charge in [0.05, 0.1) is 24.2 Å². The van der Waals surface area contributed by atoms with Gasteiger partial charge < -0.3 is 0 Å². The van der Waals surface area contributed by atoms with E-state index in [2.05, 4.69) is 20.5 Å². The molecule has 0 saturated heterocycles. The number of nitrogens with zero attached hydrogens (tertiary/aromatic N) is 4. The average Bonchev–Trinajstić information content (AvgIpc) is 2.22. The van der Waals surface area contributed by atoms with Crippen molar-refractivity contribution in [2.75, 3.05) is 13.1 Å². The van der Waals surface area contributed by atoms with Crippen molar-refractivity contribution in [3.05, 3.63) is 0 Å². The highest BCUT2D eigenvalue weighted by Gasteiger charge is 2.11. The standard InChI is InChI=1S/C14H30N4O2/c1-11(9-15-17-13(3,4)5)19-20-12(2)10-16-18-14(6,7)8/h11-12H,9-10H2,1-8H3. The van der Waals surface area contributed by atoms with Gasteiger partial charge in [-0.1, -0.05) is 0 Å². The third kappa shape index (κ3) is 13.5. The second kappa shape index (κ2) is 8.42. The van der Waals surface area contributed by atoms with Crippen molar-refractivity contribution in [1.29, 1.82) is 0 Å². The zero-order chi connectivity index (χ0) is 15.8. The Morgan fingerprint density at radius 2 is 1.00 bits per heavy atom. The van der Waals surface area contributed by atoms with Gasteiger partial charge in [-0.2, -0.15) is 20.5 Å². The molecule has 0 fully saturated rings. The maximum absolute atomic E-state index is 5.25. The molecule has 20 heavy (non-hydrogen) atoms. The van der Waals surface area contributed by atoms with Crippen molar-refractivity contribution in [2.24, 2.45) is 20.5 Å². The Morgan fingerprint density at radius 1 is 0.700 bits per heavy atom. The minimum absolute atomic E-state index is 0.136. The second-order valence-electron chi connectivity index (χ2n) is 7.00. The molecule has 0 spiro atoms. The van der Waals surface area contributed by atoms with Crippen molar-refractivity contribution in [2.45, 2.75) is 78.7 Å². The number of hydrogen-bond acceptors (Lipinski definition) is 6. The zero-order valence-electron chi connectivity index (χ0n) is 14.2. The van der Waals surface area contributed by atoms with E-state index in [1.165, 1.54) is 0 Å². The number of hydrogen-bond donors (Lipinski definition) is 0. The van der Waals surface area contributed by atoms with Crippen LogP contribution in [-0.2, 0) is 9.78 Å². The predicted octanol–water partition coefficient (Wildman–Crippen LogP) is 4.21. The van der Waals surface area contributed by atoms with Gasteiger partial charge in [0.2, 0.25) is 0 Å². The Balaban J connectivity index is 3.87. The summed E-state index contributed by atoms with van der Waals surface area (Å²) in [4.78, 5) is 10.5. The fourth-order valence-corrected chi connectivity index (χ4v) is 0.986. The summed E-state index contributed by atoms with van der Waals surface area (Å²) < 4.78 is 0. The van der Waals surface area contributed by atoms with E-state index in [0.29, 0.717) is 13.1 Å². The van der Waals surface area contributed by atoms with Crippen LogP contribution in [0.2, 0.25) is 0 Å². The van der Waals surface area contributed by atoms with E-state index in [1.54, 1.807) is 0 Å². The van der Waals surface area contributed by atoms with Crippen molar-refractivity contribution in [3.63, 3.8) is 0 Å². The zero-order valence-corrected chi connectivity index (χ0v) is 14.2. The van der Waals surface area contributed by atoms with E-state index in [-0.39, 0.29) is 23.3 Å². The SMILES string of the molecule is CC(CN=NC(C)(C)C)OOC(C)CN=NC(C)(C)C. The molecular formula is C14H30N4O2. The van der Waals surface area contributed by atoms with Gasteiger partial charge in [-0.15, -0.1) is 0 Å². The highest BCUT2D eigenvalue weighted by atomic mass is 17.2. The lowest BCUT2D eigenvalue weighted by Crippen LogP contribution is -2.20. The smallest absolute Gasteiger partial charge is 0.111 e. The van der Waals surface area contributed by atoms with E-state index in [4.69, 9.17) is 9.78 Å². The van der Waals surface area contributed by atoms with E-state index in [0.717, 1.165) is 0 Å². The van der Waals surface area contributed by atoms with E-state index >= 15 is 0 Å². The van der Waals surface area contributed by atoms with Crippen LogP contribution >= 0.6 is 0 Å². The van der Waals surface area contributed by atoms with Crippen molar-refractivity contribution in [1.82, 2.24) is 0 Å². The summed E-state index contributed by atoms with van der Waals surface area (Å²) in [5.41, 5.74) is -0.303. The van der Waals surface area contributed by atoms with Crippen molar-refractivity contribution < 1.29 is 9.78 Å². The molecule has 0 N–H and O–H groups in total. The summed E-state index contributed by atoms with van der Waals surface area (Å²) in [5, 5.41) is 16.5. The molecular weight excluding hydrogens is 256 g/mol. The lowest BCUT2D eigenvalue weighted by atomic mass is 10.1. The monoisotopic (exact) mass is 286 g/mol. The Labute approximate surface area is 123 Å². The van der Waals surface area contributed by atoms with Crippen LogP contribution in [0, 0.1) is 0 Å². The summed E-state index contributed by atoms with van der Waals surface area (Å²) in [6, 6.07) is 0. The van der Waals surface area contributed by atoms with Crippen LogP contribution in [0.4, 0.5) is 0 Å². The van der Waals surface area contributed by atoms with E-state index in [1.807, 2.05) is 55.4 Å². The van der Waals surface area contributed by atoms with Gasteiger partial charge in [0, 0.05) is 0 Å². The van der Waals surface area contributed by atoms with Gasteiger partial charge >= 0.3 is 0 Å². The van der Waals surface area contributed by atoms with Gasteiger partial charge in [0.15, 0.2) is 0 Å². The maximum atomic E-state index is 5.25. The molecule has 0 radical (unpaired) electrons. The van der Waals surface area contributed by atoms with Crippen LogP contribution in [-0.4, -0.2) is 36.4 Å². The second-order valence-corrected chi connectivity index (χ2v) is 7.00. The van der Waals surface area contributed by atoms with Gasteiger partial charge in [0.1, 0.15) is 12.2 Å². The summed E-state index contributed by atoms with van der Waals surface area (Å²) in [7, 11) is 0. The molecule has 0 aliphatic rings. The molecule has 0 rings (SSSR count). The Morgan fingerprint density at radius 3 is 1.25 bits per heavy atom. The molecule has 0 aliphatic carbocycles.